The van der Waals surface area contributed by atoms with Crippen molar-refractivity contribution in [3.05, 3.63) is 28.2 Å². The second-order valence-electron chi connectivity index (χ2n) is 4.33. The third-order valence-electron chi connectivity index (χ3n) is 2.67. The van der Waals surface area contributed by atoms with Gasteiger partial charge in [-0.1, -0.05) is 36.2 Å². The van der Waals surface area contributed by atoms with Gasteiger partial charge in [0.1, 0.15) is 0 Å². The van der Waals surface area contributed by atoms with Crippen molar-refractivity contribution in [3.8, 4) is 0 Å². The van der Waals surface area contributed by atoms with E-state index in [-0.39, 0.29) is 0 Å². The molecular formula is C13H19BrN2O. The Morgan fingerprint density at radius 1 is 1.53 bits per heavy atom. The van der Waals surface area contributed by atoms with E-state index in [0.717, 1.165) is 16.7 Å². The number of rotatable bonds is 6. The number of anilines is 1. The molecule has 0 spiro atoms. The highest BCUT2D eigenvalue weighted by molar-refractivity contribution is 9.10. The number of nitrogens with one attached hydrogen (secondary N) is 1. The van der Waals surface area contributed by atoms with Crippen molar-refractivity contribution in [2.24, 2.45) is 11.7 Å². The van der Waals surface area contributed by atoms with E-state index in [1.54, 1.807) is 6.07 Å². The van der Waals surface area contributed by atoms with Crippen LogP contribution in [-0.4, -0.2) is 12.5 Å². The van der Waals surface area contributed by atoms with Crippen LogP contribution in [0.15, 0.2) is 22.7 Å². The molecule has 0 saturated carbocycles. The molecule has 0 heterocycles. The number of carbonyl (C=O) groups is 1. The molecular weight excluding hydrogens is 280 g/mol. The van der Waals surface area contributed by atoms with E-state index < -0.39 is 5.91 Å². The molecule has 1 atom stereocenters. The Morgan fingerprint density at radius 3 is 2.82 bits per heavy atom. The molecule has 1 rings (SSSR count). The number of carbonyl (C=O) groups excluding carboxylic acids is 1. The molecule has 1 unspecified atom stereocenters. The number of nitrogens with two attached hydrogens (primary N) is 1. The Hall–Kier alpha value is -1.03. The summed E-state index contributed by atoms with van der Waals surface area (Å²) in [6, 6.07) is 5.53. The van der Waals surface area contributed by atoms with Crippen LogP contribution >= 0.6 is 15.9 Å². The van der Waals surface area contributed by atoms with Crippen molar-refractivity contribution in [1.29, 1.82) is 0 Å². The van der Waals surface area contributed by atoms with Crippen LogP contribution in [0.4, 0.5) is 5.69 Å². The summed E-state index contributed by atoms with van der Waals surface area (Å²) in [5, 5.41) is 3.28. The lowest BCUT2D eigenvalue weighted by Gasteiger charge is -2.14. The molecule has 0 fully saturated rings. The van der Waals surface area contributed by atoms with Gasteiger partial charge in [0.2, 0.25) is 0 Å². The molecule has 1 aromatic carbocycles. The summed E-state index contributed by atoms with van der Waals surface area (Å²) in [6.07, 6.45) is 2.35. The fourth-order valence-electron chi connectivity index (χ4n) is 1.75. The minimum atomic E-state index is -0.406. The van der Waals surface area contributed by atoms with Crippen molar-refractivity contribution < 1.29 is 4.79 Å². The molecule has 0 aliphatic carbocycles. The van der Waals surface area contributed by atoms with E-state index in [9.17, 15) is 4.79 Å². The van der Waals surface area contributed by atoms with Crippen LogP contribution in [0.1, 0.15) is 37.0 Å². The molecule has 3 N–H and O–H groups in total. The first-order chi connectivity index (χ1) is 8.04. The first kappa shape index (κ1) is 14.0. The van der Waals surface area contributed by atoms with E-state index in [1.165, 1.54) is 12.8 Å². The maximum atomic E-state index is 11.3. The summed E-state index contributed by atoms with van der Waals surface area (Å²) in [7, 11) is 0. The third-order valence-corrected chi connectivity index (χ3v) is 3.16. The van der Waals surface area contributed by atoms with E-state index in [1.807, 2.05) is 12.1 Å². The van der Waals surface area contributed by atoms with Crippen molar-refractivity contribution >= 4 is 27.5 Å². The molecule has 17 heavy (non-hydrogen) atoms. The fraction of sp³-hybridized carbons (Fsp3) is 0.462. The Balaban J connectivity index is 2.73. The summed E-state index contributed by atoms with van der Waals surface area (Å²) in [5.41, 5.74) is 6.69. The second-order valence-corrected chi connectivity index (χ2v) is 5.24. The van der Waals surface area contributed by atoms with Gasteiger partial charge < -0.3 is 11.1 Å². The quantitative estimate of drug-likeness (QED) is 0.846. The maximum Gasteiger partial charge on any atom is 0.250 e. The minimum absolute atomic E-state index is 0.406. The minimum Gasteiger partial charge on any atom is -0.384 e. The first-order valence-electron chi connectivity index (χ1n) is 5.87. The van der Waals surface area contributed by atoms with Gasteiger partial charge in [-0.15, -0.1) is 0 Å². The number of benzene rings is 1. The van der Waals surface area contributed by atoms with Crippen LogP contribution in [-0.2, 0) is 0 Å². The van der Waals surface area contributed by atoms with Gasteiger partial charge >= 0.3 is 0 Å². The van der Waals surface area contributed by atoms with E-state index in [2.05, 4.69) is 35.1 Å². The normalized spacial score (nSPS) is 12.2. The molecule has 3 nitrogen and oxygen atoms in total. The van der Waals surface area contributed by atoms with Crippen LogP contribution in [0.25, 0.3) is 0 Å². The Labute approximate surface area is 111 Å². The highest BCUT2D eigenvalue weighted by Crippen LogP contribution is 2.21. The molecule has 0 aromatic heterocycles. The third kappa shape index (κ3) is 4.38. The van der Waals surface area contributed by atoms with Gasteiger partial charge in [0, 0.05) is 16.7 Å². The van der Waals surface area contributed by atoms with Crippen LogP contribution in [0.2, 0.25) is 0 Å². The highest BCUT2D eigenvalue weighted by Gasteiger charge is 2.09. The lowest BCUT2D eigenvalue weighted by molar-refractivity contribution is 0.100. The predicted octanol–water partition coefficient (Wildman–Crippen LogP) is 3.40. The Kier molecular flexibility index (Phi) is 5.48. The average molecular weight is 299 g/mol. The largest absolute Gasteiger partial charge is 0.384 e. The zero-order valence-electron chi connectivity index (χ0n) is 10.3. The van der Waals surface area contributed by atoms with Gasteiger partial charge in [0.05, 0.1) is 5.56 Å². The van der Waals surface area contributed by atoms with Crippen molar-refractivity contribution in [1.82, 2.24) is 0 Å². The standard InChI is InChI=1S/C13H19BrN2O/c1-3-4-9(2)8-16-12-6-5-10(14)7-11(12)13(15)17/h5-7,9,16H,3-4,8H2,1-2H3,(H2,15,17). The highest BCUT2D eigenvalue weighted by atomic mass is 79.9. The first-order valence-corrected chi connectivity index (χ1v) is 6.67. The Morgan fingerprint density at radius 2 is 2.24 bits per heavy atom. The Bertz CT molecular complexity index is 393. The maximum absolute atomic E-state index is 11.3. The predicted molar refractivity (Wildman–Crippen MR) is 75.2 cm³/mol. The van der Waals surface area contributed by atoms with Gasteiger partial charge in [0.15, 0.2) is 0 Å². The summed E-state index contributed by atoms with van der Waals surface area (Å²) >= 11 is 3.33. The summed E-state index contributed by atoms with van der Waals surface area (Å²) in [6.45, 7) is 5.22. The molecule has 0 radical (unpaired) electrons. The van der Waals surface area contributed by atoms with Crippen molar-refractivity contribution in [2.75, 3.05) is 11.9 Å². The van der Waals surface area contributed by atoms with Crippen LogP contribution in [0, 0.1) is 5.92 Å². The molecule has 4 heteroatoms. The monoisotopic (exact) mass is 298 g/mol. The summed E-state index contributed by atoms with van der Waals surface area (Å²) < 4.78 is 0.860. The zero-order valence-corrected chi connectivity index (χ0v) is 11.9. The number of halogens is 1. The molecule has 1 amide bonds. The number of amides is 1. The van der Waals surface area contributed by atoms with Crippen LogP contribution in [0.3, 0.4) is 0 Å². The smallest absolute Gasteiger partial charge is 0.250 e. The van der Waals surface area contributed by atoms with Gasteiger partial charge in [-0.3, -0.25) is 4.79 Å². The summed E-state index contributed by atoms with van der Waals surface area (Å²) in [5.74, 6) is 0.182. The lowest BCUT2D eigenvalue weighted by atomic mass is 10.1. The van der Waals surface area contributed by atoms with Crippen molar-refractivity contribution in [2.45, 2.75) is 26.7 Å². The molecule has 0 aliphatic heterocycles. The molecule has 1 aromatic rings. The molecule has 0 aliphatic rings. The molecule has 0 saturated heterocycles. The SMILES string of the molecule is CCCC(C)CNc1ccc(Br)cc1C(N)=O. The van der Waals surface area contributed by atoms with Gasteiger partial charge in [-0.05, 0) is 30.5 Å². The number of hydrogen-bond donors (Lipinski definition) is 2. The number of hydrogen-bond acceptors (Lipinski definition) is 2. The van der Waals surface area contributed by atoms with E-state index in [0.29, 0.717) is 11.5 Å². The lowest BCUT2D eigenvalue weighted by Crippen LogP contribution is -2.17. The van der Waals surface area contributed by atoms with Gasteiger partial charge in [-0.25, -0.2) is 0 Å². The fourth-order valence-corrected chi connectivity index (χ4v) is 2.11. The van der Waals surface area contributed by atoms with Crippen molar-refractivity contribution in [3.63, 3.8) is 0 Å². The molecule has 0 bridgehead atoms. The van der Waals surface area contributed by atoms with E-state index >= 15 is 0 Å². The van der Waals surface area contributed by atoms with E-state index in [4.69, 9.17) is 5.73 Å². The van der Waals surface area contributed by atoms with Gasteiger partial charge in [0.25, 0.3) is 5.91 Å². The summed E-state index contributed by atoms with van der Waals surface area (Å²) in [4.78, 5) is 11.3. The average Bonchev–Trinajstić information content (AvgIpc) is 2.27. The molecule has 94 valence electrons. The van der Waals surface area contributed by atoms with Gasteiger partial charge in [-0.2, -0.15) is 0 Å². The second kappa shape index (κ2) is 6.64. The van der Waals surface area contributed by atoms with Crippen LogP contribution in [0.5, 0.6) is 0 Å². The topological polar surface area (TPSA) is 55.1 Å². The van der Waals surface area contributed by atoms with Crippen LogP contribution < -0.4 is 11.1 Å². The number of primary amides is 1. The zero-order chi connectivity index (χ0) is 12.8.